The fourth-order valence-corrected chi connectivity index (χ4v) is 2.37. The lowest BCUT2D eigenvalue weighted by atomic mass is 10.3. The van der Waals surface area contributed by atoms with E-state index in [1.54, 1.807) is 0 Å². The molecule has 0 heterocycles. The summed E-state index contributed by atoms with van der Waals surface area (Å²) in [6.07, 6.45) is -0.345. The van der Waals surface area contributed by atoms with Gasteiger partial charge in [-0.2, -0.15) is 0 Å². The Morgan fingerprint density at radius 3 is 2.39 bits per heavy atom. The summed E-state index contributed by atoms with van der Waals surface area (Å²) in [7, 11) is -0.598. The van der Waals surface area contributed by atoms with Crippen molar-refractivity contribution in [2.45, 2.75) is 11.0 Å². The number of aromatic hydroxyl groups is 1. The van der Waals surface area contributed by atoms with Crippen LogP contribution in [-0.4, -0.2) is 47.0 Å². The van der Waals surface area contributed by atoms with Crippen LogP contribution in [0.25, 0.3) is 0 Å². The Morgan fingerprint density at radius 2 is 1.89 bits per heavy atom. The lowest BCUT2D eigenvalue weighted by molar-refractivity contribution is 0.0320. The number of sulfonamides is 1. The van der Waals surface area contributed by atoms with E-state index in [4.69, 9.17) is 14.6 Å². The second kappa shape index (κ2) is 6.69. The van der Waals surface area contributed by atoms with Crippen LogP contribution < -0.4 is 4.72 Å². The van der Waals surface area contributed by atoms with Crippen molar-refractivity contribution in [3.63, 3.8) is 0 Å². The molecule has 0 radical (unpaired) electrons. The van der Waals surface area contributed by atoms with Crippen LogP contribution >= 0.6 is 0 Å². The summed E-state index contributed by atoms with van der Waals surface area (Å²) >= 11 is 0. The number of ether oxygens (including phenoxy) is 2. The molecule has 0 saturated carbocycles. The van der Waals surface area contributed by atoms with Gasteiger partial charge in [-0.05, 0) is 24.3 Å². The number of benzene rings is 1. The smallest absolute Gasteiger partial charge is 0.240 e. The molecule has 7 heteroatoms. The van der Waals surface area contributed by atoms with E-state index in [1.807, 2.05) is 0 Å². The molecule has 0 fully saturated rings. The van der Waals surface area contributed by atoms with Crippen LogP contribution in [0.5, 0.6) is 5.75 Å². The fourth-order valence-electron chi connectivity index (χ4n) is 1.31. The number of hydrogen-bond donors (Lipinski definition) is 2. The molecular formula is C11H17NO5S. The van der Waals surface area contributed by atoms with Gasteiger partial charge < -0.3 is 14.6 Å². The molecule has 0 saturated heterocycles. The number of methoxy groups -OCH3 is 2. The molecule has 0 spiro atoms. The Kier molecular flexibility index (Phi) is 5.54. The largest absolute Gasteiger partial charge is 0.508 e. The first-order valence-corrected chi connectivity index (χ1v) is 6.78. The Balaban J connectivity index is 2.67. The van der Waals surface area contributed by atoms with Gasteiger partial charge in [0.1, 0.15) is 5.75 Å². The highest BCUT2D eigenvalue weighted by molar-refractivity contribution is 7.89. The monoisotopic (exact) mass is 275 g/mol. The van der Waals surface area contributed by atoms with Crippen LogP contribution in [0, 0.1) is 0 Å². The van der Waals surface area contributed by atoms with E-state index < -0.39 is 10.0 Å². The first kappa shape index (κ1) is 14.9. The molecule has 0 bridgehead atoms. The van der Waals surface area contributed by atoms with Gasteiger partial charge in [-0.15, -0.1) is 0 Å². The van der Waals surface area contributed by atoms with Gasteiger partial charge in [-0.3, -0.25) is 0 Å². The third-order valence-electron chi connectivity index (χ3n) is 2.33. The van der Waals surface area contributed by atoms with Crippen LogP contribution in [0.4, 0.5) is 0 Å². The quantitative estimate of drug-likeness (QED) is 0.749. The minimum Gasteiger partial charge on any atom is -0.508 e. The van der Waals surface area contributed by atoms with Crippen molar-refractivity contribution in [1.82, 2.24) is 4.72 Å². The van der Waals surface area contributed by atoms with E-state index in [-0.39, 0.29) is 23.3 Å². The Labute approximate surface area is 107 Å². The van der Waals surface area contributed by atoms with Gasteiger partial charge in [0, 0.05) is 20.8 Å². The molecule has 0 aliphatic carbocycles. The van der Waals surface area contributed by atoms with E-state index >= 15 is 0 Å². The molecule has 6 nitrogen and oxygen atoms in total. The van der Waals surface area contributed by atoms with Crippen molar-refractivity contribution < 1.29 is 23.0 Å². The van der Waals surface area contributed by atoms with Crippen LogP contribution in [0.15, 0.2) is 29.2 Å². The molecule has 0 aromatic heterocycles. The average Bonchev–Trinajstić information content (AvgIpc) is 2.35. The van der Waals surface area contributed by atoms with Crippen LogP contribution in [0.3, 0.4) is 0 Å². The van der Waals surface area contributed by atoms with E-state index in [9.17, 15) is 8.42 Å². The lowest BCUT2D eigenvalue weighted by Crippen LogP contribution is -2.35. The Hall–Kier alpha value is -1.15. The van der Waals surface area contributed by atoms with Crippen molar-refractivity contribution in [3.8, 4) is 5.75 Å². The predicted octanol–water partition coefficient (Wildman–Crippen LogP) is 0.332. The fraction of sp³-hybridized carbons (Fsp3) is 0.455. The molecule has 18 heavy (non-hydrogen) atoms. The zero-order chi connectivity index (χ0) is 13.6. The molecule has 1 aromatic rings. The van der Waals surface area contributed by atoms with Gasteiger partial charge in [-0.1, -0.05) is 0 Å². The topological polar surface area (TPSA) is 84.9 Å². The molecule has 1 aromatic carbocycles. The van der Waals surface area contributed by atoms with Crippen molar-refractivity contribution in [1.29, 1.82) is 0 Å². The summed E-state index contributed by atoms with van der Waals surface area (Å²) in [5, 5.41) is 9.10. The number of hydrogen-bond acceptors (Lipinski definition) is 5. The van der Waals surface area contributed by atoms with Crippen molar-refractivity contribution >= 4 is 10.0 Å². The molecule has 1 unspecified atom stereocenters. The van der Waals surface area contributed by atoms with Crippen LogP contribution in [0.1, 0.15) is 0 Å². The summed E-state index contributed by atoms with van der Waals surface area (Å²) < 4.78 is 36.1. The van der Waals surface area contributed by atoms with Gasteiger partial charge in [0.25, 0.3) is 0 Å². The summed E-state index contributed by atoms with van der Waals surface area (Å²) in [5.41, 5.74) is 0. The third-order valence-corrected chi connectivity index (χ3v) is 3.77. The number of rotatable bonds is 7. The van der Waals surface area contributed by atoms with Gasteiger partial charge >= 0.3 is 0 Å². The third kappa shape index (κ3) is 4.26. The van der Waals surface area contributed by atoms with Crippen LogP contribution in [0.2, 0.25) is 0 Å². The molecule has 0 aliphatic heterocycles. The highest BCUT2D eigenvalue weighted by Crippen LogP contribution is 2.14. The van der Waals surface area contributed by atoms with Crippen molar-refractivity contribution in [2.24, 2.45) is 0 Å². The van der Waals surface area contributed by atoms with Gasteiger partial charge in [-0.25, -0.2) is 13.1 Å². The maximum atomic E-state index is 11.9. The van der Waals surface area contributed by atoms with E-state index in [1.165, 1.54) is 38.5 Å². The average molecular weight is 275 g/mol. The Morgan fingerprint density at radius 1 is 1.28 bits per heavy atom. The summed E-state index contributed by atoms with van der Waals surface area (Å²) in [6, 6.07) is 5.29. The van der Waals surface area contributed by atoms with Crippen molar-refractivity contribution in [3.05, 3.63) is 24.3 Å². The van der Waals surface area contributed by atoms with Gasteiger partial charge in [0.15, 0.2) is 0 Å². The van der Waals surface area contributed by atoms with Crippen molar-refractivity contribution in [2.75, 3.05) is 27.4 Å². The van der Waals surface area contributed by atoms with E-state index in [2.05, 4.69) is 4.72 Å². The molecule has 1 rings (SSSR count). The summed E-state index contributed by atoms with van der Waals surface area (Å²) in [5.74, 6) is 0.0168. The normalized spacial score (nSPS) is 13.4. The maximum Gasteiger partial charge on any atom is 0.240 e. The standard InChI is InChI=1S/C11H17NO5S/c1-16-8-10(17-2)7-12-18(14,15)11-5-3-9(13)4-6-11/h3-6,10,12-13H,7-8H2,1-2H3. The minimum absolute atomic E-state index is 0.0168. The number of nitrogens with one attached hydrogen (secondary N) is 1. The Bertz CT molecular complexity index is 457. The van der Waals surface area contributed by atoms with E-state index in [0.29, 0.717) is 6.61 Å². The zero-order valence-corrected chi connectivity index (χ0v) is 11.1. The van der Waals surface area contributed by atoms with Gasteiger partial charge in [0.2, 0.25) is 10.0 Å². The van der Waals surface area contributed by atoms with Crippen LogP contribution in [-0.2, 0) is 19.5 Å². The minimum atomic E-state index is -3.60. The first-order chi connectivity index (χ1) is 8.49. The highest BCUT2D eigenvalue weighted by Gasteiger charge is 2.16. The maximum absolute atomic E-state index is 11.9. The second-order valence-electron chi connectivity index (χ2n) is 3.66. The van der Waals surface area contributed by atoms with E-state index in [0.717, 1.165) is 0 Å². The first-order valence-electron chi connectivity index (χ1n) is 5.30. The SMILES string of the molecule is COCC(CNS(=O)(=O)c1ccc(O)cc1)OC. The lowest BCUT2D eigenvalue weighted by Gasteiger charge is -2.15. The molecule has 102 valence electrons. The molecule has 0 amide bonds. The molecule has 2 N–H and O–H groups in total. The second-order valence-corrected chi connectivity index (χ2v) is 5.43. The molecular weight excluding hydrogens is 258 g/mol. The summed E-state index contributed by atoms with van der Waals surface area (Å²) in [6.45, 7) is 0.419. The molecule has 1 atom stereocenters. The number of phenolic OH excluding ortho intramolecular Hbond substituents is 1. The molecule has 0 aliphatic rings. The highest BCUT2D eigenvalue weighted by atomic mass is 32.2. The number of phenols is 1. The summed E-state index contributed by atoms with van der Waals surface area (Å²) in [4.78, 5) is 0.0903. The zero-order valence-electron chi connectivity index (χ0n) is 10.3. The predicted molar refractivity (Wildman–Crippen MR) is 66.0 cm³/mol. The van der Waals surface area contributed by atoms with Gasteiger partial charge in [0.05, 0.1) is 17.6 Å².